The number of carbonyl (C=O) groups excluding carboxylic acids is 2. The quantitative estimate of drug-likeness (QED) is 0.666. The molecule has 0 spiro atoms. The lowest BCUT2D eigenvalue weighted by Gasteiger charge is -2.33. The van der Waals surface area contributed by atoms with Crippen molar-refractivity contribution in [2.75, 3.05) is 19.7 Å². The number of likely N-dealkylation sites (tertiary alicyclic amines) is 1. The number of rotatable bonds is 2. The number of aliphatic hydroxyl groups excluding tert-OH is 1. The number of nitrogens with one attached hydrogen (secondary N) is 1. The minimum Gasteiger partial charge on any atom is -0.396 e. The summed E-state index contributed by atoms with van der Waals surface area (Å²) in [4.78, 5) is 24.9. The second-order valence-electron chi connectivity index (χ2n) is 4.63. The maximum atomic E-state index is 12.0. The Bertz CT molecular complexity index is 293. The molecule has 2 heterocycles. The molecule has 0 aromatic carbocycles. The molecule has 2 aliphatic rings. The van der Waals surface area contributed by atoms with E-state index in [-0.39, 0.29) is 30.4 Å². The zero-order chi connectivity index (χ0) is 11.5. The zero-order valence-electron chi connectivity index (χ0n) is 9.32. The van der Waals surface area contributed by atoms with Gasteiger partial charge in [-0.3, -0.25) is 9.59 Å². The van der Waals surface area contributed by atoms with Crippen LogP contribution < -0.4 is 5.32 Å². The van der Waals surface area contributed by atoms with Crippen molar-refractivity contribution >= 4 is 11.8 Å². The van der Waals surface area contributed by atoms with Gasteiger partial charge in [0.1, 0.15) is 6.04 Å². The zero-order valence-corrected chi connectivity index (χ0v) is 9.32. The Kier molecular flexibility index (Phi) is 3.43. The molecule has 0 aromatic heterocycles. The van der Waals surface area contributed by atoms with Gasteiger partial charge < -0.3 is 15.3 Å². The Hall–Kier alpha value is -1.10. The molecule has 2 fully saturated rings. The fourth-order valence-corrected chi connectivity index (χ4v) is 2.43. The SMILES string of the molecule is O=C1CCC(C(=O)N2CCCC(CO)C2)N1. The van der Waals surface area contributed by atoms with Gasteiger partial charge in [-0.15, -0.1) is 0 Å². The average molecular weight is 226 g/mol. The number of nitrogens with zero attached hydrogens (tertiary/aromatic N) is 1. The van der Waals surface area contributed by atoms with E-state index in [9.17, 15) is 9.59 Å². The molecule has 2 unspecified atom stereocenters. The van der Waals surface area contributed by atoms with Gasteiger partial charge in [-0.05, 0) is 25.2 Å². The minimum atomic E-state index is -0.329. The van der Waals surface area contributed by atoms with Crippen LogP contribution in [0.25, 0.3) is 0 Å². The van der Waals surface area contributed by atoms with Crippen LogP contribution in [0.2, 0.25) is 0 Å². The van der Waals surface area contributed by atoms with Crippen LogP contribution in [0.1, 0.15) is 25.7 Å². The first-order valence-corrected chi connectivity index (χ1v) is 5.89. The standard InChI is InChI=1S/C11H18N2O3/c14-7-8-2-1-5-13(6-8)11(16)9-3-4-10(15)12-9/h8-9,14H,1-7H2,(H,12,15). The molecule has 2 atom stereocenters. The van der Waals surface area contributed by atoms with E-state index < -0.39 is 0 Å². The predicted molar refractivity (Wildman–Crippen MR) is 57.6 cm³/mol. The lowest BCUT2D eigenvalue weighted by Crippen LogP contribution is -2.48. The van der Waals surface area contributed by atoms with Crippen LogP contribution in [-0.4, -0.2) is 47.6 Å². The molecular weight excluding hydrogens is 208 g/mol. The van der Waals surface area contributed by atoms with Gasteiger partial charge in [0.15, 0.2) is 0 Å². The molecule has 2 aliphatic heterocycles. The Balaban J connectivity index is 1.91. The largest absolute Gasteiger partial charge is 0.396 e. The Labute approximate surface area is 94.8 Å². The molecule has 2 rings (SSSR count). The third kappa shape index (κ3) is 2.35. The van der Waals surface area contributed by atoms with Gasteiger partial charge in [-0.1, -0.05) is 0 Å². The summed E-state index contributed by atoms with van der Waals surface area (Å²) in [6.45, 7) is 1.52. The lowest BCUT2D eigenvalue weighted by molar-refractivity contribution is -0.136. The fraction of sp³-hybridized carbons (Fsp3) is 0.818. The van der Waals surface area contributed by atoms with E-state index in [4.69, 9.17) is 5.11 Å². The predicted octanol–water partition coefficient (Wildman–Crippen LogP) is -0.504. The second kappa shape index (κ2) is 4.82. The number of aliphatic hydroxyl groups is 1. The van der Waals surface area contributed by atoms with Gasteiger partial charge >= 0.3 is 0 Å². The molecule has 5 heteroatoms. The highest BCUT2D eigenvalue weighted by atomic mass is 16.3. The Morgan fingerprint density at radius 3 is 2.94 bits per heavy atom. The van der Waals surface area contributed by atoms with Gasteiger partial charge in [0.05, 0.1) is 0 Å². The number of hydrogen-bond acceptors (Lipinski definition) is 3. The summed E-state index contributed by atoms with van der Waals surface area (Å²) in [6, 6.07) is -0.329. The smallest absolute Gasteiger partial charge is 0.245 e. The van der Waals surface area contributed by atoms with Crippen LogP contribution in [0.5, 0.6) is 0 Å². The Morgan fingerprint density at radius 1 is 1.50 bits per heavy atom. The maximum Gasteiger partial charge on any atom is 0.245 e. The van der Waals surface area contributed by atoms with Crippen molar-refractivity contribution in [3.63, 3.8) is 0 Å². The second-order valence-corrected chi connectivity index (χ2v) is 4.63. The molecule has 0 radical (unpaired) electrons. The lowest BCUT2D eigenvalue weighted by atomic mass is 9.98. The van der Waals surface area contributed by atoms with Crippen LogP contribution in [0.3, 0.4) is 0 Å². The van der Waals surface area contributed by atoms with Gasteiger partial charge in [-0.2, -0.15) is 0 Å². The van der Waals surface area contributed by atoms with Crippen LogP contribution >= 0.6 is 0 Å². The van der Waals surface area contributed by atoms with E-state index >= 15 is 0 Å². The molecule has 2 amide bonds. The van der Waals surface area contributed by atoms with E-state index in [1.165, 1.54) is 0 Å². The topological polar surface area (TPSA) is 69.6 Å². The molecule has 0 bridgehead atoms. The first kappa shape index (κ1) is 11.4. The van der Waals surface area contributed by atoms with Gasteiger partial charge in [0.25, 0.3) is 0 Å². The number of carbonyl (C=O) groups is 2. The summed E-state index contributed by atoms with van der Waals surface area (Å²) in [5.74, 6) is 0.188. The summed E-state index contributed by atoms with van der Waals surface area (Å²) < 4.78 is 0. The molecule has 2 N–H and O–H groups in total. The van der Waals surface area contributed by atoms with Crippen LogP contribution in [-0.2, 0) is 9.59 Å². The molecule has 0 aromatic rings. The summed E-state index contributed by atoms with van der Waals surface area (Å²) in [5, 5.41) is 11.8. The number of hydrogen-bond donors (Lipinski definition) is 2. The maximum absolute atomic E-state index is 12.0. The molecular formula is C11H18N2O3. The normalized spacial score (nSPS) is 30.3. The summed E-state index contributed by atoms with van der Waals surface area (Å²) in [5.41, 5.74) is 0. The minimum absolute atomic E-state index is 0.0176. The number of piperidine rings is 1. The van der Waals surface area contributed by atoms with Crippen molar-refractivity contribution in [3.8, 4) is 0 Å². The van der Waals surface area contributed by atoms with Crippen LogP contribution in [0.15, 0.2) is 0 Å². The van der Waals surface area contributed by atoms with Crippen molar-refractivity contribution in [2.45, 2.75) is 31.7 Å². The Morgan fingerprint density at radius 2 is 2.31 bits per heavy atom. The average Bonchev–Trinajstić information content (AvgIpc) is 2.75. The molecule has 2 saturated heterocycles. The van der Waals surface area contributed by atoms with Crippen molar-refractivity contribution in [1.29, 1.82) is 0 Å². The third-order valence-electron chi connectivity index (χ3n) is 3.38. The van der Waals surface area contributed by atoms with E-state index in [1.54, 1.807) is 4.90 Å². The van der Waals surface area contributed by atoms with Crippen LogP contribution in [0.4, 0.5) is 0 Å². The fourth-order valence-electron chi connectivity index (χ4n) is 2.43. The molecule has 90 valence electrons. The van der Waals surface area contributed by atoms with E-state index in [0.717, 1.165) is 19.4 Å². The first-order chi connectivity index (χ1) is 7.70. The van der Waals surface area contributed by atoms with Gasteiger partial charge in [0, 0.05) is 26.1 Å². The molecule has 0 aliphatic carbocycles. The highest BCUT2D eigenvalue weighted by Gasteiger charge is 2.32. The van der Waals surface area contributed by atoms with E-state index in [1.807, 2.05) is 0 Å². The highest BCUT2D eigenvalue weighted by Crippen LogP contribution is 2.18. The van der Waals surface area contributed by atoms with Gasteiger partial charge in [0.2, 0.25) is 11.8 Å². The molecule has 0 saturated carbocycles. The molecule has 5 nitrogen and oxygen atoms in total. The van der Waals surface area contributed by atoms with Crippen LogP contribution in [0, 0.1) is 5.92 Å². The van der Waals surface area contributed by atoms with E-state index in [2.05, 4.69) is 5.32 Å². The highest BCUT2D eigenvalue weighted by molar-refractivity contribution is 5.90. The number of amides is 2. The van der Waals surface area contributed by atoms with Crippen molar-refractivity contribution in [2.24, 2.45) is 5.92 Å². The summed E-state index contributed by atoms with van der Waals surface area (Å²) >= 11 is 0. The van der Waals surface area contributed by atoms with Gasteiger partial charge in [-0.25, -0.2) is 0 Å². The van der Waals surface area contributed by atoms with Crippen molar-refractivity contribution in [1.82, 2.24) is 10.2 Å². The van der Waals surface area contributed by atoms with E-state index in [0.29, 0.717) is 19.4 Å². The molecule has 16 heavy (non-hydrogen) atoms. The summed E-state index contributed by atoms with van der Waals surface area (Å²) in [6.07, 6.45) is 2.99. The van der Waals surface area contributed by atoms with Crippen molar-refractivity contribution < 1.29 is 14.7 Å². The van der Waals surface area contributed by atoms with Crippen molar-refractivity contribution in [3.05, 3.63) is 0 Å². The summed E-state index contributed by atoms with van der Waals surface area (Å²) in [7, 11) is 0. The third-order valence-corrected chi connectivity index (χ3v) is 3.38. The monoisotopic (exact) mass is 226 g/mol. The first-order valence-electron chi connectivity index (χ1n) is 5.89.